The van der Waals surface area contributed by atoms with Crippen molar-refractivity contribution in [3.05, 3.63) is 88.9 Å². The van der Waals surface area contributed by atoms with Crippen LogP contribution in [0.2, 0.25) is 5.02 Å². The maximum atomic E-state index is 13.3. The fourth-order valence-corrected chi connectivity index (χ4v) is 5.40. The Labute approximate surface area is 210 Å². The second-order valence-electron chi connectivity index (χ2n) is 8.66. The zero-order valence-electron chi connectivity index (χ0n) is 19.2. The van der Waals surface area contributed by atoms with E-state index in [2.05, 4.69) is 10.6 Å². The summed E-state index contributed by atoms with van der Waals surface area (Å²) in [5, 5.41) is 6.27. The lowest BCUT2D eigenvalue weighted by atomic mass is 9.88. The first-order chi connectivity index (χ1) is 16.5. The number of hydrogen-bond donors (Lipinski definition) is 2. The first-order valence-electron chi connectivity index (χ1n) is 11.7. The Morgan fingerprint density at radius 3 is 2.29 bits per heavy atom. The monoisotopic (exact) mass is 492 g/mol. The summed E-state index contributed by atoms with van der Waals surface area (Å²) < 4.78 is 0. The molecule has 0 spiro atoms. The predicted octanol–water partition coefficient (Wildman–Crippen LogP) is 7.64. The summed E-state index contributed by atoms with van der Waals surface area (Å²) >= 11 is 7.71. The highest BCUT2D eigenvalue weighted by Gasteiger charge is 2.24. The molecule has 0 heterocycles. The van der Waals surface area contributed by atoms with Crippen LogP contribution in [0.4, 0.5) is 11.4 Å². The van der Waals surface area contributed by atoms with Gasteiger partial charge in [-0.15, -0.1) is 11.8 Å². The van der Waals surface area contributed by atoms with Crippen molar-refractivity contribution in [1.29, 1.82) is 0 Å². The molecule has 1 atom stereocenters. The molecule has 0 aromatic heterocycles. The fourth-order valence-electron chi connectivity index (χ4n) is 4.20. The zero-order chi connectivity index (χ0) is 23.9. The quantitative estimate of drug-likeness (QED) is 0.333. The van der Waals surface area contributed by atoms with Crippen LogP contribution in [0.3, 0.4) is 0 Å². The van der Waals surface area contributed by atoms with Crippen LogP contribution < -0.4 is 10.6 Å². The molecule has 4 nitrogen and oxygen atoms in total. The van der Waals surface area contributed by atoms with Crippen LogP contribution >= 0.6 is 23.4 Å². The van der Waals surface area contributed by atoms with E-state index in [1.807, 2.05) is 79.7 Å². The number of anilines is 2. The van der Waals surface area contributed by atoms with Crippen LogP contribution in [0.25, 0.3) is 0 Å². The van der Waals surface area contributed by atoms with Gasteiger partial charge in [-0.3, -0.25) is 9.59 Å². The van der Waals surface area contributed by atoms with Crippen LogP contribution in [-0.4, -0.2) is 11.8 Å². The van der Waals surface area contributed by atoms with Gasteiger partial charge in [0.25, 0.3) is 0 Å². The smallest absolute Gasteiger partial charge is 0.242 e. The lowest BCUT2D eigenvalue weighted by molar-refractivity contribution is -0.120. The second-order valence-corrected chi connectivity index (χ2v) is 10.2. The minimum atomic E-state index is -0.442. The van der Waals surface area contributed by atoms with Gasteiger partial charge in [-0.25, -0.2) is 0 Å². The molecule has 1 saturated carbocycles. The van der Waals surface area contributed by atoms with Crippen molar-refractivity contribution >= 4 is 46.6 Å². The largest absolute Gasteiger partial charge is 0.326 e. The van der Waals surface area contributed by atoms with Gasteiger partial charge in [0.2, 0.25) is 11.8 Å². The van der Waals surface area contributed by atoms with Gasteiger partial charge in [0.15, 0.2) is 0 Å². The van der Waals surface area contributed by atoms with Crippen molar-refractivity contribution in [2.24, 2.45) is 5.92 Å². The molecule has 3 aromatic carbocycles. The molecule has 4 rings (SSSR count). The summed E-state index contributed by atoms with van der Waals surface area (Å²) in [6, 6.07) is 22.9. The van der Waals surface area contributed by atoms with Crippen LogP contribution in [0.5, 0.6) is 0 Å². The Morgan fingerprint density at radius 2 is 1.59 bits per heavy atom. The van der Waals surface area contributed by atoms with E-state index in [-0.39, 0.29) is 17.7 Å². The number of hydrogen-bond acceptors (Lipinski definition) is 3. The number of benzene rings is 3. The van der Waals surface area contributed by atoms with Crippen molar-refractivity contribution in [1.82, 2.24) is 0 Å². The highest BCUT2D eigenvalue weighted by Crippen LogP contribution is 2.37. The maximum Gasteiger partial charge on any atom is 0.242 e. The van der Waals surface area contributed by atoms with Crippen molar-refractivity contribution in [3.63, 3.8) is 0 Å². The number of thioether (sulfide) groups is 1. The SMILES string of the molecule is Cc1c(Cl)cccc1NC(=O)C(Sc1ccc(NC(=O)C2CCCCC2)cc1)c1ccccc1. The number of carbonyl (C=O) groups is 2. The molecule has 1 aliphatic carbocycles. The first-order valence-corrected chi connectivity index (χ1v) is 13.0. The van der Waals surface area contributed by atoms with E-state index in [4.69, 9.17) is 11.6 Å². The summed E-state index contributed by atoms with van der Waals surface area (Å²) in [5.74, 6) is 0.110. The maximum absolute atomic E-state index is 13.3. The van der Waals surface area contributed by atoms with Crippen molar-refractivity contribution in [3.8, 4) is 0 Å². The average molecular weight is 493 g/mol. The van der Waals surface area contributed by atoms with Crippen molar-refractivity contribution in [2.75, 3.05) is 10.6 Å². The van der Waals surface area contributed by atoms with Gasteiger partial charge < -0.3 is 10.6 Å². The van der Waals surface area contributed by atoms with E-state index in [1.165, 1.54) is 18.2 Å². The molecule has 1 unspecified atom stereocenters. The number of nitrogens with one attached hydrogen (secondary N) is 2. The van der Waals surface area contributed by atoms with Gasteiger partial charge in [0.05, 0.1) is 0 Å². The molecule has 1 aliphatic rings. The Kier molecular flexibility index (Phi) is 8.30. The topological polar surface area (TPSA) is 58.2 Å². The standard InChI is InChI=1S/C28H29ClN2O2S/c1-19-24(29)13-8-14-25(19)31-28(33)26(20-9-4-2-5-10-20)34-23-17-15-22(16-18-23)30-27(32)21-11-6-3-7-12-21/h2,4-5,8-10,13-18,21,26H,3,6-7,11-12H2,1H3,(H,30,32)(H,31,33). The Morgan fingerprint density at radius 1 is 0.882 bits per heavy atom. The number of carbonyl (C=O) groups excluding carboxylic acids is 2. The van der Waals surface area contributed by atoms with Gasteiger partial charge in [-0.2, -0.15) is 0 Å². The summed E-state index contributed by atoms with van der Waals surface area (Å²) in [7, 11) is 0. The third-order valence-corrected chi connectivity index (χ3v) is 7.89. The van der Waals surface area contributed by atoms with Crippen LogP contribution in [0.1, 0.15) is 48.5 Å². The normalized spacial score (nSPS) is 14.9. The lowest BCUT2D eigenvalue weighted by Gasteiger charge is -2.21. The van der Waals surface area contributed by atoms with Gasteiger partial charge >= 0.3 is 0 Å². The summed E-state index contributed by atoms with van der Waals surface area (Å²) in [6.45, 7) is 1.89. The molecule has 1 fully saturated rings. The Balaban J connectivity index is 1.47. The minimum absolute atomic E-state index is 0.110. The molecule has 0 bridgehead atoms. The molecule has 0 aliphatic heterocycles. The molecular weight excluding hydrogens is 464 g/mol. The Hall–Kier alpha value is -2.76. The van der Waals surface area contributed by atoms with Gasteiger partial charge in [-0.05, 0) is 67.3 Å². The molecule has 3 aromatic rings. The summed E-state index contributed by atoms with van der Waals surface area (Å²) in [6.07, 6.45) is 5.43. The molecule has 34 heavy (non-hydrogen) atoms. The van der Waals surface area contributed by atoms with E-state index in [1.54, 1.807) is 0 Å². The molecule has 2 N–H and O–H groups in total. The van der Waals surface area contributed by atoms with Crippen LogP contribution in [0.15, 0.2) is 77.7 Å². The molecule has 176 valence electrons. The van der Waals surface area contributed by atoms with E-state index >= 15 is 0 Å². The van der Waals surface area contributed by atoms with Crippen molar-refractivity contribution in [2.45, 2.75) is 49.2 Å². The first kappa shape index (κ1) is 24.4. The third-order valence-electron chi connectivity index (χ3n) is 6.22. The molecule has 0 saturated heterocycles. The van der Waals surface area contributed by atoms with Crippen LogP contribution in [0, 0.1) is 12.8 Å². The number of amides is 2. The van der Waals surface area contributed by atoms with E-state index in [9.17, 15) is 9.59 Å². The average Bonchev–Trinajstić information content (AvgIpc) is 2.87. The molecular formula is C28H29ClN2O2S. The minimum Gasteiger partial charge on any atom is -0.326 e. The highest BCUT2D eigenvalue weighted by atomic mass is 35.5. The zero-order valence-corrected chi connectivity index (χ0v) is 20.8. The summed E-state index contributed by atoms with van der Waals surface area (Å²) in [4.78, 5) is 26.8. The van der Waals surface area contributed by atoms with Crippen molar-refractivity contribution < 1.29 is 9.59 Å². The lowest BCUT2D eigenvalue weighted by Crippen LogP contribution is -2.24. The molecule has 2 amide bonds. The second kappa shape index (κ2) is 11.6. The van der Waals surface area contributed by atoms with E-state index in [0.717, 1.165) is 47.4 Å². The fraction of sp³-hybridized carbons (Fsp3) is 0.286. The van der Waals surface area contributed by atoms with E-state index in [0.29, 0.717) is 10.7 Å². The third kappa shape index (κ3) is 6.22. The predicted molar refractivity (Wildman–Crippen MR) is 142 cm³/mol. The highest BCUT2D eigenvalue weighted by molar-refractivity contribution is 8.00. The van der Waals surface area contributed by atoms with Gasteiger partial charge in [-0.1, -0.05) is 67.3 Å². The summed E-state index contributed by atoms with van der Waals surface area (Å²) in [5.41, 5.74) is 3.25. The number of rotatable bonds is 7. The van der Waals surface area contributed by atoms with Gasteiger partial charge in [0.1, 0.15) is 5.25 Å². The molecule has 6 heteroatoms. The number of halogens is 1. The van der Waals surface area contributed by atoms with E-state index < -0.39 is 5.25 Å². The van der Waals surface area contributed by atoms with Crippen LogP contribution in [-0.2, 0) is 9.59 Å². The van der Waals surface area contributed by atoms with Gasteiger partial charge in [0, 0.05) is 27.2 Å². The molecule has 0 radical (unpaired) electrons. The Bertz CT molecular complexity index is 1130.